The Balaban J connectivity index is 1.49. The zero-order valence-electron chi connectivity index (χ0n) is 25.8. The third-order valence-corrected chi connectivity index (χ3v) is 9.25. The zero-order valence-corrected chi connectivity index (χ0v) is 28.9. The Morgan fingerprint density at radius 2 is 1.91 bits per heavy atom. The number of nitrogens with zero attached hydrogens (tertiary/aromatic N) is 4. The number of esters is 1. The van der Waals surface area contributed by atoms with Gasteiger partial charge in [-0.05, 0) is 92.2 Å². The molecule has 2 aromatic carbocycles. The van der Waals surface area contributed by atoms with E-state index in [1.165, 1.54) is 11.8 Å². The molecule has 0 radical (unpaired) electrons. The number of fused-ring (bicyclic) bond motifs is 1. The number of carbonyl (C=O) groups is 2. The van der Waals surface area contributed by atoms with Crippen LogP contribution in [0.15, 0.2) is 57.3 Å². The number of benzene rings is 2. The van der Waals surface area contributed by atoms with Crippen LogP contribution in [0.1, 0.15) is 64.1 Å². The van der Waals surface area contributed by atoms with Crippen LogP contribution in [0.25, 0.3) is 0 Å². The van der Waals surface area contributed by atoms with E-state index >= 15 is 0 Å². The minimum absolute atomic E-state index is 0.0576. The van der Waals surface area contributed by atoms with E-state index in [0.717, 1.165) is 37.9 Å². The average Bonchev–Trinajstić information content (AvgIpc) is 3.41. The predicted molar refractivity (Wildman–Crippen MR) is 178 cm³/mol. The van der Waals surface area contributed by atoms with Crippen molar-refractivity contribution in [1.29, 1.82) is 0 Å². The molecule has 0 saturated carbocycles. The van der Waals surface area contributed by atoms with Crippen LogP contribution in [0, 0.1) is 0 Å². The quantitative estimate of drug-likeness (QED) is 0.165. The summed E-state index contributed by atoms with van der Waals surface area (Å²) in [5.41, 5.74) is 2.67. The van der Waals surface area contributed by atoms with Gasteiger partial charge in [-0.1, -0.05) is 41.6 Å². The molecule has 0 spiro atoms. The van der Waals surface area contributed by atoms with Gasteiger partial charge < -0.3 is 24.4 Å². The van der Waals surface area contributed by atoms with Crippen LogP contribution in [0.3, 0.4) is 0 Å². The van der Waals surface area contributed by atoms with Crippen molar-refractivity contribution in [2.75, 3.05) is 31.6 Å². The maximum Gasteiger partial charge on any atom is 0.338 e. The molecule has 0 aliphatic carbocycles. The average molecular weight is 719 g/mol. The van der Waals surface area contributed by atoms with Gasteiger partial charge >= 0.3 is 5.97 Å². The molecule has 13 heteroatoms. The molecule has 3 aromatic rings. The SMILES string of the molecule is CCOc1cc(C2C(C(=O)OC(C)C)=C(C)Nc3nc(SCc4ccccc4Cl)nn32)cc(Br)c1OCC(=O)N1CCCCC1. The standard InChI is InChI=1S/C32H37BrClN5O5S/c1-5-42-25-16-22(15-23(33)29(25)43-17-26(40)38-13-9-6-10-14-38)28-27(30(41)44-19(2)3)20(4)35-31-36-32(37-39(28)31)45-18-21-11-7-8-12-24(21)34/h7-8,11-12,15-16,19,28H,5-6,9-10,13-14,17-18H2,1-4H3,(H,35,36,37). The summed E-state index contributed by atoms with van der Waals surface area (Å²) in [6.45, 7) is 9.08. The molecule has 240 valence electrons. The summed E-state index contributed by atoms with van der Waals surface area (Å²) in [6.07, 6.45) is 2.82. The van der Waals surface area contributed by atoms with Gasteiger partial charge in [0.1, 0.15) is 6.04 Å². The number of aromatic nitrogens is 3. The summed E-state index contributed by atoms with van der Waals surface area (Å²) in [4.78, 5) is 33.0. The second-order valence-electron chi connectivity index (χ2n) is 11.1. The Morgan fingerprint density at radius 3 is 2.62 bits per heavy atom. The molecular weight excluding hydrogens is 682 g/mol. The minimum atomic E-state index is -0.686. The molecule has 0 bridgehead atoms. The number of nitrogens with one attached hydrogen (secondary N) is 1. The summed E-state index contributed by atoms with van der Waals surface area (Å²) >= 11 is 11.5. The van der Waals surface area contributed by atoms with E-state index in [0.29, 0.717) is 61.3 Å². The lowest BCUT2D eigenvalue weighted by Gasteiger charge is -2.29. The van der Waals surface area contributed by atoms with E-state index < -0.39 is 12.0 Å². The van der Waals surface area contributed by atoms with Gasteiger partial charge in [-0.2, -0.15) is 4.98 Å². The van der Waals surface area contributed by atoms with Gasteiger partial charge in [0.15, 0.2) is 18.1 Å². The van der Waals surface area contributed by atoms with Crippen molar-refractivity contribution in [2.24, 2.45) is 0 Å². The van der Waals surface area contributed by atoms with Crippen LogP contribution in [-0.4, -0.2) is 63.9 Å². The van der Waals surface area contributed by atoms with Gasteiger partial charge in [-0.15, -0.1) is 5.10 Å². The van der Waals surface area contributed by atoms with Crippen molar-refractivity contribution in [3.8, 4) is 11.5 Å². The summed E-state index contributed by atoms with van der Waals surface area (Å²) in [7, 11) is 0. The Labute approximate surface area is 281 Å². The van der Waals surface area contributed by atoms with Gasteiger partial charge in [0.2, 0.25) is 11.1 Å². The number of anilines is 1. The molecule has 1 atom stereocenters. The molecule has 5 rings (SSSR count). The van der Waals surface area contributed by atoms with Crippen molar-refractivity contribution in [3.05, 3.63) is 68.3 Å². The number of allylic oxidation sites excluding steroid dienone is 1. The lowest BCUT2D eigenvalue weighted by molar-refractivity contribution is -0.143. The Morgan fingerprint density at radius 1 is 1.16 bits per heavy atom. The maximum atomic E-state index is 13.5. The third-order valence-electron chi connectivity index (χ3n) is 7.41. The minimum Gasteiger partial charge on any atom is -0.490 e. The van der Waals surface area contributed by atoms with Gasteiger partial charge in [-0.3, -0.25) is 4.79 Å². The van der Waals surface area contributed by atoms with Gasteiger partial charge in [0, 0.05) is 29.6 Å². The number of carbonyl (C=O) groups excluding carboxylic acids is 2. The summed E-state index contributed by atoms with van der Waals surface area (Å²) in [5.74, 6) is 1.40. The first kappa shape index (κ1) is 33.2. The number of halogens is 2. The molecule has 2 aliphatic heterocycles. The van der Waals surface area contributed by atoms with Crippen molar-refractivity contribution in [2.45, 2.75) is 70.0 Å². The second-order valence-corrected chi connectivity index (χ2v) is 13.3. The fourth-order valence-electron chi connectivity index (χ4n) is 5.32. The lowest BCUT2D eigenvalue weighted by Crippen LogP contribution is -2.38. The second kappa shape index (κ2) is 14.9. The summed E-state index contributed by atoms with van der Waals surface area (Å²) in [6, 6.07) is 10.6. The first-order valence-corrected chi connectivity index (χ1v) is 17.2. The molecule has 1 aromatic heterocycles. The highest BCUT2D eigenvalue weighted by molar-refractivity contribution is 9.10. The molecule has 1 amide bonds. The number of hydrogen-bond acceptors (Lipinski definition) is 9. The number of thioether (sulfide) groups is 1. The first-order valence-electron chi connectivity index (χ1n) is 15.0. The fraction of sp³-hybridized carbons (Fsp3) is 0.438. The summed E-state index contributed by atoms with van der Waals surface area (Å²) in [5, 5.41) is 9.26. The maximum absolute atomic E-state index is 13.5. The highest BCUT2D eigenvalue weighted by Gasteiger charge is 2.37. The molecule has 1 N–H and O–H groups in total. The monoisotopic (exact) mass is 717 g/mol. The Bertz CT molecular complexity index is 1590. The third kappa shape index (κ3) is 7.78. The van der Waals surface area contributed by atoms with Crippen LogP contribution >= 0.6 is 39.3 Å². The van der Waals surface area contributed by atoms with Gasteiger partial charge in [-0.25, -0.2) is 9.48 Å². The van der Waals surface area contributed by atoms with Crippen LogP contribution in [-0.2, 0) is 20.1 Å². The molecule has 1 unspecified atom stereocenters. The number of likely N-dealkylation sites (tertiary alicyclic amines) is 1. The zero-order chi connectivity index (χ0) is 32.1. The molecule has 45 heavy (non-hydrogen) atoms. The molecule has 10 nitrogen and oxygen atoms in total. The van der Waals surface area contributed by atoms with Crippen molar-refractivity contribution in [1.82, 2.24) is 19.7 Å². The smallest absolute Gasteiger partial charge is 0.338 e. The van der Waals surface area contributed by atoms with Crippen LogP contribution in [0.4, 0.5) is 5.95 Å². The predicted octanol–water partition coefficient (Wildman–Crippen LogP) is 7.02. The fourth-order valence-corrected chi connectivity index (χ4v) is 7.01. The summed E-state index contributed by atoms with van der Waals surface area (Å²) < 4.78 is 20.0. The van der Waals surface area contributed by atoms with Gasteiger partial charge in [0.05, 0.1) is 22.8 Å². The molecule has 1 fully saturated rings. The van der Waals surface area contributed by atoms with E-state index in [1.54, 1.807) is 4.68 Å². The van der Waals surface area contributed by atoms with Crippen molar-refractivity contribution < 1.29 is 23.8 Å². The number of ether oxygens (including phenoxy) is 3. The number of amides is 1. The Hall–Kier alpha value is -3.22. The topological polar surface area (TPSA) is 108 Å². The number of hydrogen-bond donors (Lipinski definition) is 1. The van der Waals surface area contributed by atoms with E-state index in [2.05, 4.69) is 21.2 Å². The van der Waals surface area contributed by atoms with E-state index in [4.69, 9.17) is 35.9 Å². The van der Waals surface area contributed by atoms with E-state index in [9.17, 15) is 9.59 Å². The number of rotatable bonds is 11. The normalized spacial score (nSPS) is 16.3. The van der Waals surface area contributed by atoms with Crippen molar-refractivity contribution >= 4 is 57.1 Å². The largest absolute Gasteiger partial charge is 0.490 e. The van der Waals surface area contributed by atoms with E-state index in [1.807, 2.05) is 69.0 Å². The highest BCUT2D eigenvalue weighted by atomic mass is 79.9. The molecule has 3 heterocycles. The van der Waals surface area contributed by atoms with Crippen LogP contribution in [0.5, 0.6) is 11.5 Å². The first-order chi connectivity index (χ1) is 21.7. The highest BCUT2D eigenvalue weighted by Crippen LogP contribution is 2.43. The molecular formula is C32H37BrClN5O5S. The van der Waals surface area contributed by atoms with Crippen LogP contribution in [0.2, 0.25) is 5.02 Å². The van der Waals surface area contributed by atoms with Crippen LogP contribution < -0.4 is 14.8 Å². The lowest BCUT2D eigenvalue weighted by atomic mass is 9.95. The van der Waals surface area contributed by atoms with Crippen molar-refractivity contribution in [3.63, 3.8) is 0 Å². The Kier molecular flexibility index (Phi) is 11.0. The molecule has 1 saturated heterocycles. The van der Waals surface area contributed by atoms with Gasteiger partial charge in [0.25, 0.3) is 5.91 Å². The number of piperidine rings is 1. The van der Waals surface area contributed by atoms with E-state index in [-0.39, 0.29) is 18.6 Å². The molecule has 2 aliphatic rings.